The second-order valence-electron chi connectivity index (χ2n) is 4.49. The first-order valence-corrected chi connectivity index (χ1v) is 6.01. The van der Waals surface area contributed by atoms with Crippen LogP contribution in [0.4, 0.5) is 15.8 Å². The molecule has 0 aliphatic carbocycles. The van der Waals surface area contributed by atoms with Crippen LogP contribution in [0.15, 0.2) is 36.5 Å². The van der Waals surface area contributed by atoms with Gasteiger partial charge in [0.2, 0.25) is 0 Å². The Morgan fingerprint density at radius 2 is 2.16 bits per heavy atom. The Labute approximate surface area is 110 Å². The predicted molar refractivity (Wildman–Crippen MR) is 72.4 cm³/mol. The van der Waals surface area contributed by atoms with Crippen molar-refractivity contribution in [2.24, 2.45) is 5.73 Å². The van der Waals surface area contributed by atoms with Crippen LogP contribution in [0, 0.1) is 11.2 Å². The molecule has 5 heteroatoms. The van der Waals surface area contributed by atoms with E-state index in [9.17, 15) is 4.39 Å². The number of rotatable bonds is 2. The van der Waals surface area contributed by atoms with E-state index in [1.54, 1.807) is 18.3 Å². The zero-order valence-electron chi connectivity index (χ0n) is 10.2. The summed E-state index contributed by atoms with van der Waals surface area (Å²) >= 11 is 0. The van der Waals surface area contributed by atoms with Gasteiger partial charge in [0.1, 0.15) is 17.3 Å². The van der Waals surface area contributed by atoms with Crippen molar-refractivity contribution in [1.29, 1.82) is 5.41 Å². The normalized spacial score (nSPS) is 13.4. The molecule has 0 saturated carbocycles. The van der Waals surface area contributed by atoms with Crippen LogP contribution in [0.25, 0.3) is 0 Å². The van der Waals surface area contributed by atoms with E-state index in [4.69, 9.17) is 11.1 Å². The number of anilines is 2. The first kappa shape index (κ1) is 11.6. The van der Waals surface area contributed by atoms with Crippen molar-refractivity contribution >= 4 is 17.2 Å². The van der Waals surface area contributed by atoms with Crippen molar-refractivity contribution in [2.45, 2.75) is 6.42 Å². The lowest BCUT2D eigenvalue weighted by Gasteiger charge is -2.19. The molecule has 2 heterocycles. The van der Waals surface area contributed by atoms with Crippen molar-refractivity contribution in [3.05, 3.63) is 53.6 Å². The number of benzene rings is 1. The van der Waals surface area contributed by atoms with Crippen molar-refractivity contribution in [1.82, 2.24) is 4.98 Å². The number of aromatic nitrogens is 1. The summed E-state index contributed by atoms with van der Waals surface area (Å²) in [6, 6.07) is 8.40. The third-order valence-corrected chi connectivity index (χ3v) is 3.28. The summed E-state index contributed by atoms with van der Waals surface area (Å²) in [7, 11) is 0. The average Bonchev–Trinajstić information content (AvgIpc) is 2.81. The lowest BCUT2D eigenvalue weighted by molar-refractivity contribution is 0.628. The van der Waals surface area contributed by atoms with Gasteiger partial charge in [0, 0.05) is 12.2 Å². The molecule has 1 aromatic carbocycles. The van der Waals surface area contributed by atoms with Gasteiger partial charge in [0.05, 0.1) is 11.9 Å². The molecule has 0 saturated heterocycles. The molecule has 2 aromatic rings. The van der Waals surface area contributed by atoms with E-state index < -0.39 is 0 Å². The minimum absolute atomic E-state index is 0.0561. The summed E-state index contributed by atoms with van der Waals surface area (Å²) in [5, 5.41) is 7.31. The molecule has 0 spiro atoms. The van der Waals surface area contributed by atoms with E-state index in [0.717, 1.165) is 29.9 Å². The van der Waals surface area contributed by atoms with E-state index in [-0.39, 0.29) is 11.7 Å². The minimum Gasteiger partial charge on any atom is -0.382 e. The fraction of sp³-hybridized carbons (Fsp3) is 0.143. The van der Waals surface area contributed by atoms with Gasteiger partial charge in [-0.2, -0.15) is 0 Å². The Hall–Kier alpha value is -2.43. The first-order chi connectivity index (χ1) is 9.15. The molecule has 1 aromatic heterocycles. The van der Waals surface area contributed by atoms with Crippen molar-refractivity contribution in [2.75, 3.05) is 11.4 Å². The predicted octanol–water partition coefficient (Wildman–Crippen LogP) is 2.20. The van der Waals surface area contributed by atoms with Crippen molar-refractivity contribution in [3.63, 3.8) is 0 Å². The van der Waals surface area contributed by atoms with E-state index in [0.29, 0.717) is 5.69 Å². The maximum Gasteiger partial charge on any atom is 0.141 e. The summed E-state index contributed by atoms with van der Waals surface area (Å²) < 4.78 is 13.3. The summed E-state index contributed by atoms with van der Waals surface area (Å²) in [4.78, 5) is 6.16. The molecular weight excluding hydrogens is 243 g/mol. The highest BCUT2D eigenvalue weighted by Gasteiger charge is 2.21. The zero-order chi connectivity index (χ0) is 13.4. The molecule has 0 radical (unpaired) electrons. The number of nitrogens with two attached hydrogens (primary N) is 1. The lowest BCUT2D eigenvalue weighted by atomic mass is 10.1. The number of nitrogen functional groups attached to an aromatic ring is 1. The number of nitrogens with one attached hydrogen (secondary N) is 1. The molecule has 3 rings (SSSR count). The van der Waals surface area contributed by atoms with Crippen molar-refractivity contribution < 1.29 is 4.39 Å². The van der Waals surface area contributed by atoms with Crippen LogP contribution < -0.4 is 10.6 Å². The Kier molecular flexibility index (Phi) is 2.67. The molecule has 4 nitrogen and oxygen atoms in total. The lowest BCUT2D eigenvalue weighted by Crippen LogP contribution is -2.16. The molecule has 96 valence electrons. The standard InChI is InChI=1S/C14H13FN4/c15-10-2-1-9-5-6-19(13(9)7-10)11-3-4-12(14(16)17)18-8-11/h1-4,7-8H,5-6H2,(H3,16,17). The SMILES string of the molecule is N=C(N)c1ccc(N2CCc3ccc(F)cc32)cn1. The number of amidine groups is 1. The summed E-state index contributed by atoms with van der Waals surface area (Å²) in [6.45, 7) is 0.805. The second kappa shape index (κ2) is 4.35. The maximum atomic E-state index is 13.3. The van der Waals surface area contributed by atoms with Gasteiger partial charge in [-0.3, -0.25) is 10.4 Å². The Morgan fingerprint density at radius 1 is 1.32 bits per heavy atom. The van der Waals surface area contributed by atoms with Crippen LogP contribution in [0.5, 0.6) is 0 Å². The Morgan fingerprint density at radius 3 is 2.84 bits per heavy atom. The fourth-order valence-electron chi connectivity index (χ4n) is 2.33. The summed E-state index contributed by atoms with van der Waals surface area (Å²) in [5.41, 5.74) is 8.72. The Bertz CT molecular complexity index is 636. The number of halogens is 1. The number of nitrogens with zero attached hydrogens (tertiary/aromatic N) is 2. The van der Waals surface area contributed by atoms with Gasteiger partial charge in [-0.05, 0) is 36.2 Å². The number of hydrogen-bond donors (Lipinski definition) is 2. The van der Waals surface area contributed by atoms with Crippen LogP contribution in [-0.4, -0.2) is 17.4 Å². The fourth-order valence-corrected chi connectivity index (χ4v) is 2.33. The van der Waals surface area contributed by atoms with E-state index in [1.807, 2.05) is 17.0 Å². The molecule has 0 atom stereocenters. The molecule has 19 heavy (non-hydrogen) atoms. The molecule has 0 fully saturated rings. The highest BCUT2D eigenvalue weighted by molar-refractivity contribution is 5.93. The Balaban J connectivity index is 1.97. The van der Waals surface area contributed by atoms with Crippen LogP contribution >= 0.6 is 0 Å². The second-order valence-corrected chi connectivity index (χ2v) is 4.49. The van der Waals surface area contributed by atoms with Gasteiger partial charge >= 0.3 is 0 Å². The van der Waals surface area contributed by atoms with Crippen LogP contribution in [0.2, 0.25) is 0 Å². The molecule has 0 bridgehead atoms. The topological polar surface area (TPSA) is 66.0 Å². The molecule has 0 amide bonds. The van der Waals surface area contributed by atoms with Crippen LogP contribution in [0.1, 0.15) is 11.3 Å². The number of fused-ring (bicyclic) bond motifs is 1. The largest absolute Gasteiger partial charge is 0.382 e. The first-order valence-electron chi connectivity index (χ1n) is 6.01. The third kappa shape index (κ3) is 2.03. The van der Waals surface area contributed by atoms with Crippen molar-refractivity contribution in [3.8, 4) is 0 Å². The number of pyridine rings is 1. The quantitative estimate of drug-likeness (QED) is 0.639. The van der Waals surface area contributed by atoms with Gasteiger partial charge in [0.25, 0.3) is 0 Å². The van der Waals surface area contributed by atoms with Gasteiger partial charge in [-0.25, -0.2) is 4.39 Å². The summed E-state index contributed by atoms with van der Waals surface area (Å²) in [6.07, 6.45) is 2.56. The zero-order valence-corrected chi connectivity index (χ0v) is 10.2. The molecule has 1 aliphatic heterocycles. The minimum atomic E-state index is -0.237. The smallest absolute Gasteiger partial charge is 0.141 e. The molecule has 1 aliphatic rings. The maximum absolute atomic E-state index is 13.3. The molecule has 3 N–H and O–H groups in total. The van der Waals surface area contributed by atoms with Gasteiger partial charge in [-0.1, -0.05) is 6.07 Å². The van der Waals surface area contributed by atoms with Crippen LogP contribution in [-0.2, 0) is 6.42 Å². The highest BCUT2D eigenvalue weighted by atomic mass is 19.1. The average molecular weight is 256 g/mol. The summed E-state index contributed by atoms with van der Waals surface area (Å²) in [5.74, 6) is -0.293. The van der Waals surface area contributed by atoms with E-state index in [1.165, 1.54) is 6.07 Å². The highest BCUT2D eigenvalue weighted by Crippen LogP contribution is 2.34. The van der Waals surface area contributed by atoms with Gasteiger partial charge in [0.15, 0.2) is 0 Å². The molecular formula is C14H13FN4. The van der Waals surface area contributed by atoms with E-state index >= 15 is 0 Å². The number of hydrogen-bond acceptors (Lipinski definition) is 3. The van der Waals surface area contributed by atoms with Gasteiger partial charge in [-0.15, -0.1) is 0 Å². The molecule has 0 unspecified atom stereocenters. The van der Waals surface area contributed by atoms with E-state index in [2.05, 4.69) is 4.98 Å². The van der Waals surface area contributed by atoms with Crippen LogP contribution in [0.3, 0.4) is 0 Å². The van der Waals surface area contributed by atoms with Gasteiger partial charge < -0.3 is 10.6 Å². The monoisotopic (exact) mass is 256 g/mol. The third-order valence-electron chi connectivity index (χ3n) is 3.28.